The summed E-state index contributed by atoms with van der Waals surface area (Å²) in [5, 5.41) is 12.6. The van der Waals surface area contributed by atoms with Crippen molar-refractivity contribution in [2.24, 2.45) is 4.99 Å². The van der Waals surface area contributed by atoms with Gasteiger partial charge in [0.15, 0.2) is 0 Å². The van der Waals surface area contributed by atoms with Gasteiger partial charge < -0.3 is 10.4 Å². The lowest BCUT2D eigenvalue weighted by Gasteiger charge is -2.33. The van der Waals surface area contributed by atoms with Crippen LogP contribution in [-0.2, 0) is 5.72 Å². The molecule has 0 aromatic heterocycles. The number of nitrogens with zero attached hydrogens (tertiary/aromatic N) is 1. The Balaban J connectivity index is 2.47. The van der Waals surface area contributed by atoms with Crippen molar-refractivity contribution in [3.63, 3.8) is 0 Å². The minimum atomic E-state index is -5.00. The van der Waals surface area contributed by atoms with Crippen LogP contribution in [0, 0.1) is 0 Å². The molecule has 0 saturated carbocycles. The maximum Gasteiger partial charge on any atom is 0.441 e. The van der Waals surface area contributed by atoms with Gasteiger partial charge in [0.2, 0.25) is 0 Å². The molecule has 0 aliphatic heterocycles. The predicted molar refractivity (Wildman–Crippen MR) is 91.1 cm³/mol. The number of aliphatic imine (C=N–C) groups is 1. The Kier molecular flexibility index (Phi) is 5.57. The van der Waals surface area contributed by atoms with Gasteiger partial charge in [-0.25, -0.2) is 0 Å². The zero-order chi connectivity index (χ0) is 18.0. The second-order valence-electron chi connectivity index (χ2n) is 4.92. The minimum absolute atomic E-state index is 0.0793. The van der Waals surface area contributed by atoms with Crippen molar-refractivity contribution in [2.45, 2.75) is 11.9 Å². The lowest BCUT2D eigenvalue weighted by Crippen LogP contribution is -2.56. The summed E-state index contributed by atoms with van der Waals surface area (Å²) in [5.41, 5.74) is -3.37. The second-order valence-corrected chi connectivity index (χ2v) is 6.27. The van der Waals surface area contributed by atoms with Crippen LogP contribution in [0.15, 0.2) is 58.0 Å². The number of hydrogen-bond donors (Lipinski definition) is 2. The molecular formula is C16H13BrClF3N2O. The molecule has 2 N–H and O–H groups in total. The van der Waals surface area contributed by atoms with E-state index < -0.39 is 17.5 Å². The number of halogens is 5. The fourth-order valence-corrected chi connectivity index (χ4v) is 2.51. The van der Waals surface area contributed by atoms with Crippen LogP contribution >= 0.6 is 27.5 Å². The van der Waals surface area contributed by atoms with Crippen molar-refractivity contribution in [2.75, 3.05) is 7.05 Å². The summed E-state index contributed by atoms with van der Waals surface area (Å²) >= 11 is 9.01. The topological polar surface area (TPSA) is 44.6 Å². The molecule has 0 aliphatic rings. The summed E-state index contributed by atoms with van der Waals surface area (Å²) in [4.78, 5) is 3.83. The normalized spacial score (nSPS) is 15.0. The highest BCUT2D eigenvalue weighted by molar-refractivity contribution is 9.10. The summed E-state index contributed by atoms with van der Waals surface area (Å²) in [6.45, 7) is 0. The molecule has 3 nitrogen and oxygen atoms in total. The predicted octanol–water partition coefficient (Wildman–Crippen LogP) is 4.48. The van der Waals surface area contributed by atoms with Crippen molar-refractivity contribution < 1.29 is 18.3 Å². The highest BCUT2D eigenvalue weighted by Crippen LogP contribution is 2.37. The lowest BCUT2D eigenvalue weighted by atomic mass is 10.0. The second kappa shape index (κ2) is 7.13. The Morgan fingerprint density at radius 2 is 1.79 bits per heavy atom. The molecule has 2 rings (SSSR count). The zero-order valence-corrected chi connectivity index (χ0v) is 14.7. The Bertz CT molecular complexity index is 750. The SMILES string of the molecule is CN=C(NC(O)(c1cccc(Cl)c1)C(F)(F)F)c1ccc(Br)cc1. The third kappa shape index (κ3) is 3.91. The van der Waals surface area contributed by atoms with Gasteiger partial charge in [0.05, 0.1) is 0 Å². The average Bonchev–Trinajstić information content (AvgIpc) is 2.52. The molecule has 0 spiro atoms. The van der Waals surface area contributed by atoms with E-state index in [0.717, 1.165) is 16.6 Å². The molecule has 128 valence electrons. The van der Waals surface area contributed by atoms with E-state index in [1.54, 1.807) is 24.3 Å². The van der Waals surface area contributed by atoms with Crippen molar-refractivity contribution in [1.82, 2.24) is 5.32 Å². The van der Waals surface area contributed by atoms with Gasteiger partial charge in [-0.1, -0.05) is 51.8 Å². The highest BCUT2D eigenvalue weighted by atomic mass is 79.9. The van der Waals surface area contributed by atoms with Gasteiger partial charge in [0, 0.05) is 27.7 Å². The van der Waals surface area contributed by atoms with Crippen LogP contribution in [0.25, 0.3) is 0 Å². The molecule has 1 unspecified atom stereocenters. The number of amidine groups is 1. The molecule has 0 fully saturated rings. The van der Waals surface area contributed by atoms with Gasteiger partial charge in [0.1, 0.15) is 5.84 Å². The first-order chi connectivity index (χ1) is 11.2. The van der Waals surface area contributed by atoms with Crippen LogP contribution in [0.4, 0.5) is 13.2 Å². The van der Waals surface area contributed by atoms with Crippen LogP contribution in [0.2, 0.25) is 5.02 Å². The van der Waals surface area contributed by atoms with E-state index in [2.05, 4.69) is 26.2 Å². The van der Waals surface area contributed by atoms with Crippen molar-refractivity contribution in [1.29, 1.82) is 0 Å². The van der Waals surface area contributed by atoms with Gasteiger partial charge in [-0.3, -0.25) is 4.99 Å². The maximum atomic E-state index is 13.6. The van der Waals surface area contributed by atoms with Gasteiger partial charge in [-0.15, -0.1) is 0 Å². The van der Waals surface area contributed by atoms with Gasteiger partial charge in [-0.2, -0.15) is 13.2 Å². The summed E-state index contributed by atoms with van der Waals surface area (Å²) in [7, 11) is 1.33. The standard InChI is InChI=1S/C16H13BrClF3N2O/c1-22-14(10-5-7-12(17)8-6-10)23-15(24,16(19,20)21)11-3-2-4-13(18)9-11/h2-9,24H,1H3,(H,22,23). The molecule has 2 aromatic rings. The van der Waals surface area contributed by atoms with Crippen LogP contribution in [0.1, 0.15) is 11.1 Å². The Labute approximate surface area is 150 Å². The summed E-state index contributed by atoms with van der Waals surface area (Å²) in [6, 6.07) is 11.4. The van der Waals surface area contributed by atoms with Crippen LogP contribution < -0.4 is 5.32 Å². The molecule has 0 heterocycles. The number of aliphatic hydroxyl groups is 1. The third-order valence-electron chi connectivity index (χ3n) is 3.29. The summed E-state index contributed by atoms with van der Waals surface area (Å²) < 4.78 is 41.5. The maximum absolute atomic E-state index is 13.6. The molecule has 1 atom stereocenters. The lowest BCUT2D eigenvalue weighted by molar-refractivity contribution is -0.273. The molecule has 0 bridgehead atoms. The van der Waals surface area contributed by atoms with Crippen LogP contribution in [0.3, 0.4) is 0 Å². The Morgan fingerprint density at radius 1 is 1.17 bits per heavy atom. The smallest absolute Gasteiger partial charge is 0.360 e. The van der Waals surface area contributed by atoms with E-state index in [0.29, 0.717) is 5.56 Å². The number of benzene rings is 2. The first kappa shape index (κ1) is 18.8. The van der Waals surface area contributed by atoms with E-state index in [4.69, 9.17) is 11.6 Å². The van der Waals surface area contributed by atoms with Crippen molar-refractivity contribution >= 4 is 33.4 Å². The zero-order valence-electron chi connectivity index (χ0n) is 12.4. The quantitative estimate of drug-likeness (QED) is 0.436. The van der Waals surface area contributed by atoms with Gasteiger partial charge in [0.25, 0.3) is 5.72 Å². The molecule has 0 amide bonds. The molecule has 24 heavy (non-hydrogen) atoms. The number of nitrogens with one attached hydrogen (secondary N) is 1. The number of rotatable bonds is 3. The fraction of sp³-hybridized carbons (Fsp3) is 0.188. The monoisotopic (exact) mass is 420 g/mol. The number of hydrogen-bond acceptors (Lipinski definition) is 2. The summed E-state index contributed by atoms with van der Waals surface area (Å²) in [5.74, 6) is -0.109. The molecule has 0 saturated heterocycles. The van der Waals surface area contributed by atoms with Gasteiger partial charge >= 0.3 is 6.18 Å². The van der Waals surface area contributed by atoms with Crippen LogP contribution in [0.5, 0.6) is 0 Å². The molecule has 0 radical (unpaired) electrons. The first-order valence-electron chi connectivity index (χ1n) is 6.73. The largest absolute Gasteiger partial charge is 0.441 e. The molecule has 8 heteroatoms. The van der Waals surface area contributed by atoms with E-state index >= 15 is 0 Å². The number of alkyl halides is 3. The third-order valence-corrected chi connectivity index (χ3v) is 4.06. The highest BCUT2D eigenvalue weighted by Gasteiger charge is 2.56. The average molecular weight is 422 g/mol. The fourth-order valence-electron chi connectivity index (χ4n) is 2.06. The van der Waals surface area contributed by atoms with E-state index in [1.165, 1.54) is 19.2 Å². The first-order valence-corrected chi connectivity index (χ1v) is 7.90. The summed E-state index contributed by atoms with van der Waals surface area (Å²) in [6.07, 6.45) is -5.00. The van der Waals surface area contributed by atoms with E-state index in [-0.39, 0.29) is 10.9 Å². The molecular weight excluding hydrogens is 409 g/mol. The van der Waals surface area contributed by atoms with Crippen LogP contribution in [-0.4, -0.2) is 24.2 Å². The Hall–Kier alpha value is -1.57. The molecule has 0 aliphatic carbocycles. The van der Waals surface area contributed by atoms with Crippen molar-refractivity contribution in [3.8, 4) is 0 Å². The van der Waals surface area contributed by atoms with Crippen molar-refractivity contribution in [3.05, 3.63) is 69.2 Å². The van der Waals surface area contributed by atoms with E-state index in [1.807, 2.05) is 0 Å². The minimum Gasteiger partial charge on any atom is -0.360 e. The van der Waals surface area contributed by atoms with Gasteiger partial charge in [-0.05, 0) is 24.3 Å². The Morgan fingerprint density at radius 3 is 2.29 bits per heavy atom. The molecule has 2 aromatic carbocycles. The van der Waals surface area contributed by atoms with E-state index in [9.17, 15) is 18.3 Å².